The third kappa shape index (κ3) is 1.91. The molecule has 1 aliphatic heterocycles. The number of hydrogen-bond acceptors (Lipinski definition) is 4. The fourth-order valence-electron chi connectivity index (χ4n) is 1.92. The number of fused-ring (bicyclic) bond motifs is 1. The number of rotatable bonds is 1. The summed E-state index contributed by atoms with van der Waals surface area (Å²) in [5, 5.41) is 9.84. The first-order valence-electron chi connectivity index (χ1n) is 5.23. The van der Waals surface area contributed by atoms with E-state index in [0.29, 0.717) is 22.7 Å². The molecule has 0 radical (unpaired) electrons. The standard InChI is InChI=1S/C13H11NO3.ClH/c14-9-2-1-3-10(15)13(9)8-4-5-11-12(6-8)17-7-16-11;/h1-6,15H,7,14H2;1H. The van der Waals surface area contributed by atoms with Gasteiger partial charge in [0.25, 0.3) is 0 Å². The van der Waals surface area contributed by atoms with Crippen molar-refractivity contribution in [2.75, 3.05) is 12.5 Å². The molecule has 18 heavy (non-hydrogen) atoms. The molecule has 3 N–H and O–H groups in total. The third-order valence-corrected chi connectivity index (χ3v) is 2.74. The fraction of sp³-hybridized carbons (Fsp3) is 0.0769. The van der Waals surface area contributed by atoms with Gasteiger partial charge in [0.1, 0.15) is 5.75 Å². The van der Waals surface area contributed by atoms with E-state index in [0.717, 1.165) is 5.56 Å². The molecule has 0 fully saturated rings. The molecule has 3 rings (SSSR count). The molecule has 2 aromatic carbocycles. The molecule has 1 heterocycles. The van der Waals surface area contributed by atoms with Gasteiger partial charge in [-0.15, -0.1) is 12.4 Å². The van der Waals surface area contributed by atoms with Crippen LogP contribution in [0.3, 0.4) is 0 Å². The Bertz CT molecular complexity index is 566. The van der Waals surface area contributed by atoms with Crippen molar-refractivity contribution in [3.63, 3.8) is 0 Å². The molecule has 5 heteroatoms. The lowest BCUT2D eigenvalue weighted by Gasteiger charge is -2.08. The lowest BCUT2D eigenvalue weighted by molar-refractivity contribution is 0.174. The second-order valence-corrected chi connectivity index (χ2v) is 3.81. The number of hydrogen-bond donors (Lipinski definition) is 2. The molecule has 0 atom stereocenters. The Labute approximate surface area is 110 Å². The predicted molar refractivity (Wildman–Crippen MR) is 71.3 cm³/mol. The Morgan fingerprint density at radius 3 is 2.61 bits per heavy atom. The first-order chi connectivity index (χ1) is 8.25. The van der Waals surface area contributed by atoms with Crippen molar-refractivity contribution in [1.82, 2.24) is 0 Å². The zero-order valence-electron chi connectivity index (χ0n) is 9.42. The number of nitrogens with two attached hydrogens (primary N) is 1. The van der Waals surface area contributed by atoms with Crippen molar-refractivity contribution >= 4 is 18.1 Å². The molecule has 0 saturated carbocycles. The van der Waals surface area contributed by atoms with Crippen molar-refractivity contribution in [2.24, 2.45) is 0 Å². The maximum absolute atomic E-state index is 9.84. The Morgan fingerprint density at radius 2 is 1.83 bits per heavy atom. The van der Waals surface area contributed by atoms with Crippen molar-refractivity contribution in [3.8, 4) is 28.4 Å². The number of nitrogen functional groups attached to an aromatic ring is 1. The van der Waals surface area contributed by atoms with Crippen LogP contribution in [0.2, 0.25) is 0 Å². The monoisotopic (exact) mass is 265 g/mol. The average Bonchev–Trinajstić information content (AvgIpc) is 2.76. The maximum Gasteiger partial charge on any atom is 0.231 e. The van der Waals surface area contributed by atoms with Crippen LogP contribution in [0, 0.1) is 0 Å². The maximum atomic E-state index is 9.84. The molecule has 0 unspecified atom stereocenters. The average molecular weight is 266 g/mol. The van der Waals surface area contributed by atoms with Crippen LogP contribution in [0.1, 0.15) is 0 Å². The largest absolute Gasteiger partial charge is 0.507 e. The molecule has 0 spiro atoms. The second-order valence-electron chi connectivity index (χ2n) is 3.81. The van der Waals surface area contributed by atoms with E-state index in [-0.39, 0.29) is 24.9 Å². The highest BCUT2D eigenvalue weighted by atomic mass is 35.5. The van der Waals surface area contributed by atoms with Gasteiger partial charge in [-0.05, 0) is 29.8 Å². The highest BCUT2D eigenvalue weighted by Crippen LogP contribution is 2.40. The summed E-state index contributed by atoms with van der Waals surface area (Å²) in [4.78, 5) is 0. The fourth-order valence-corrected chi connectivity index (χ4v) is 1.92. The summed E-state index contributed by atoms with van der Waals surface area (Å²) in [5.41, 5.74) is 7.82. The molecule has 94 valence electrons. The van der Waals surface area contributed by atoms with Gasteiger partial charge in [0.15, 0.2) is 11.5 Å². The van der Waals surface area contributed by atoms with Crippen molar-refractivity contribution in [2.45, 2.75) is 0 Å². The molecule has 0 aromatic heterocycles. The van der Waals surface area contributed by atoms with Crippen molar-refractivity contribution in [1.29, 1.82) is 0 Å². The van der Waals surface area contributed by atoms with Gasteiger partial charge in [-0.1, -0.05) is 12.1 Å². The van der Waals surface area contributed by atoms with Crippen LogP contribution >= 0.6 is 12.4 Å². The third-order valence-electron chi connectivity index (χ3n) is 2.74. The second kappa shape index (κ2) is 4.66. The van der Waals surface area contributed by atoms with E-state index in [4.69, 9.17) is 15.2 Å². The molecule has 0 saturated heterocycles. The summed E-state index contributed by atoms with van der Waals surface area (Å²) in [5.74, 6) is 1.54. The summed E-state index contributed by atoms with van der Waals surface area (Å²) in [6, 6.07) is 10.5. The van der Waals surface area contributed by atoms with Crippen LogP contribution < -0.4 is 15.2 Å². The minimum atomic E-state index is 0. The Morgan fingerprint density at radius 1 is 1.06 bits per heavy atom. The lowest BCUT2D eigenvalue weighted by atomic mass is 10.0. The lowest BCUT2D eigenvalue weighted by Crippen LogP contribution is -1.93. The van der Waals surface area contributed by atoms with Crippen LogP contribution in [0.5, 0.6) is 17.2 Å². The van der Waals surface area contributed by atoms with Crippen LogP contribution in [-0.4, -0.2) is 11.9 Å². The highest BCUT2D eigenvalue weighted by Gasteiger charge is 2.16. The van der Waals surface area contributed by atoms with E-state index in [9.17, 15) is 5.11 Å². The van der Waals surface area contributed by atoms with Gasteiger partial charge in [0.05, 0.1) is 0 Å². The van der Waals surface area contributed by atoms with Gasteiger partial charge in [-0.2, -0.15) is 0 Å². The van der Waals surface area contributed by atoms with Gasteiger partial charge < -0.3 is 20.3 Å². The van der Waals surface area contributed by atoms with E-state index in [1.165, 1.54) is 0 Å². The van der Waals surface area contributed by atoms with E-state index >= 15 is 0 Å². The summed E-state index contributed by atoms with van der Waals surface area (Å²) in [6.07, 6.45) is 0. The summed E-state index contributed by atoms with van der Waals surface area (Å²) in [6.45, 7) is 0.231. The Balaban J connectivity index is 0.00000120. The van der Waals surface area contributed by atoms with Gasteiger partial charge >= 0.3 is 0 Å². The minimum absolute atomic E-state index is 0. The quantitative estimate of drug-likeness (QED) is 0.778. The smallest absolute Gasteiger partial charge is 0.231 e. The molecular weight excluding hydrogens is 254 g/mol. The molecule has 1 aliphatic rings. The van der Waals surface area contributed by atoms with Crippen molar-refractivity contribution < 1.29 is 14.6 Å². The number of aromatic hydroxyl groups is 1. The Kier molecular flexibility index (Phi) is 3.21. The van der Waals surface area contributed by atoms with Crippen LogP contribution in [-0.2, 0) is 0 Å². The zero-order valence-corrected chi connectivity index (χ0v) is 10.2. The zero-order chi connectivity index (χ0) is 11.8. The molecule has 0 aliphatic carbocycles. The molecule has 2 aromatic rings. The van der Waals surface area contributed by atoms with E-state index in [1.807, 2.05) is 18.2 Å². The van der Waals surface area contributed by atoms with Crippen LogP contribution in [0.25, 0.3) is 11.1 Å². The van der Waals surface area contributed by atoms with Crippen LogP contribution in [0.15, 0.2) is 36.4 Å². The van der Waals surface area contributed by atoms with Gasteiger partial charge in [-0.3, -0.25) is 0 Å². The molecule has 0 bridgehead atoms. The normalized spacial score (nSPS) is 12.0. The number of anilines is 1. The summed E-state index contributed by atoms with van der Waals surface area (Å²) in [7, 11) is 0. The molecule has 4 nitrogen and oxygen atoms in total. The Hall–Kier alpha value is -2.07. The number of phenols is 1. The number of phenolic OH excluding ortho intramolecular Hbond substituents is 1. The first-order valence-corrected chi connectivity index (χ1v) is 5.23. The first kappa shape index (κ1) is 12.4. The van der Waals surface area contributed by atoms with Crippen molar-refractivity contribution in [3.05, 3.63) is 36.4 Å². The van der Waals surface area contributed by atoms with Crippen LogP contribution in [0.4, 0.5) is 5.69 Å². The number of ether oxygens (including phenoxy) is 2. The van der Waals surface area contributed by atoms with E-state index in [2.05, 4.69) is 0 Å². The highest BCUT2D eigenvalue weighted by molar-refractivity contribution is 5.85. The summed E-state index contributed by atoms with van der Waals surface area (Å²) < 4.78 is 10.5. The predicted octanol–water partition coefficient (Wildman–Crippen LogP) is 2.79. The molecular formula is C13H12ClNO3. The van der Waals surface area contributed by atoms with Gasteiger partial charge in [0.2, 0.25) is 6.79 Å². The SMILES string of the molecule is Cl.Nc1cccc(O)c1-c1ccc2c(c1)OCO2. The van der Waals surface area contributed by atoms with E-state index < -0.39 is 0 Å². The summed E-state index contributed by atoms with van der Waals surface area (Å²) >= 11 is 0. The van der Waals surface area contributed by atoms with Gasteiger partial charge in [-0.25, -0.2) is 0 Å². The van der Waals surface area contributed by atoms with E-state index in [1.54, 1.807) is 18.2 Å². The minimum Gasteiger partial charge on any atom is -0.507 e. The molecule has 0 amide bonds. The number of halogens is 1. The number of benzene rings is 2. The van der Waals surface area contributed by atoms with Gasteiger partial charge in [0, 0.05) is 11.3 Å². The topological polar surface area (TPSA) is 64.7 Å².